The van der Waals surface area contributed by atoms with Crippen LogP contribution >= 0.6 is 0 Å². The molecule has 0 spiro atoms. The second-order valence-electron chi connectivity index (χ2n) is 6.68. The Kier molecular flexibility index (Phi) is 5.27. The second-order valence-corrected chi connectivity index (χ2v) is 6.68. The maximum Gasteiger partial charge on any atom is 0.223 e. The molecule has 4 heteroatoms. The number of benzene rings is 2. The zero-order valence-electron chi connectivity index (χ0n) is 15.0. The molecule has 3 rings (SSSR count). The molecule has 2 aromatic carbocycles. The fourth-order valence-electron chi connectivity index (χ4n) is 3.41. The molecule has 25 heavy (non-hydrogen) atoms. The zero-order chi connectivity index (χ0) is 17.8. The SMILES string of the molecule is COc1cc(C)ccc1OCCC(=O)NC1c2ccccc2CC1C. The summed E-state index contributed by atoms with van der Waals surface area (Å²) in [6, 6.07) is 14.2. The third kappa shape index (κ3) is 3.95. The van der Waals surface area contributed by atoms with Crippen molar-refractivity contribution < 1.29 is 14.3 Å². The van der Waals surface area contributed by atoms with Crippen LogP contribution in [-0.2, 0) is 11.2 Å². The number of hydrogen-bond acceptors (Lipinski definition) is 3. The standard InChI is InChI=1S/C21H25NO3/c1-14-8-9-18(19(12-14)24-3)25-11-10-20(23)22-21-15(2)13-16-6-4-5-7-17(16)21/h4-9,12,15,21H,10-11,13H2,1-3H3,(H,22,23). The van der Waals surface area contributed by atoms with Crippen molar-refractivity contribution in [3.63, 3.8) is 0 Å². The van der Waals surface area contributed by atoms with Crippen molar-refractivity contribution in [2.45, 2.75) is 32.7 Å². The molecule has 0 bridgehead atoms. The van der Waals surface area contributed by atoms with Gasteiger partial charge in [-0.05, 0) is 48.1 Å². The van der Waals surface area contributed by atoms with Crippen molar-refractivity contribution in [1.29, 1.82) is 0 Å². The van der Waals surface area contributed by atoms with E-state index in [4.69, 9.17) is 9.47 Å². The third-order valence-corrected chi connectivity index (χ3v) is 4.72. The number of fused-ring (bicyclic) bond motifs is 1. The molecule has 1 aliphatic rings. The first kappa shape index (κ1) is 17.3. The van der Waals surface area contributed by atoms with Gasteiger partial charge in [0, 0.05) is 0 Å². The molecule has 1 aliphatic carbocycles. The molecule has 2 unspecified atom stereocenters. The molecular weight excluding hydrogens is 314 g/mol. The highest BCUT2D eigenvalue weighted by molar-refractivity contribution is 5.76. The van der Waals surface area contributed by atoms with Gasteiger partial charge < -0.3 is 14.8 Å². The fraction of sp³-hybridized carbons (Fsp3) is 0.381. The minimum Gasteiger partial charge on any atom is -0.493 e. The van der Waals surface area contributed by atoms with Crippen LogP contribution in [0.2, 0.25) is 0 Å². The number of hydrogen-bond donors (Lipinski definition) is 1. The largest absolute Gasteiger partial charge is 0.493 e. The van der Waals surface area contributed by atoms with E-state index < -0.39 is 0 Å². The Labute approximate surface area is 149 Å². The van der Waals surface area contributed by atoms with Crippen LogP contribution in [0.5, 0.6) is 11.5 Å². The molecule has 1 amide bonds. The zero-order valence-corrected chi connectivity index (χ0v) is 15.0. The highest BCUT2D eigenvalue weighted by Gasteiger charge is 2.29. The summed E-state index contributed by atoms with van der Waals surface area (Å²) in [6.07, 6.45) is 1.33. The molecule has 0 radical (unpaired) electrons. The number of nitrogens with one attached hydrogen (secondary N) is 1. The van der Waals surface area contributed by atoms with Gasteiger partial charge in [-0.3, -0.25) is 4.79 Å². The quantitative estimate of drug-likeness (QED) is 0.870. The second kappa shape index (κ2) is 7.60. The van der Waals surface area contributed by atoms with Gasteiger partial charge >= 0.3 is 0 Å². The number of methoxy groups -OCH3 is 1. The topological polar surface area (TPSA) is 47.6 Å². The van der Waals surface area contributed by atoms with Gasteiger partial charge in [0.1, 0.15) is 0 Å². The van der Waals surface area contributed by atoms with Crippen LogP contribution < -0.4 is 14.8 Å². The lowest BCUT2D eigenvalue weighted by Gasteiger charge is -2.19. The smallest absolute Gasteiger partial charge is 0.223 e. The molecule has 0 fully saturated rings. The summed E-state index contributed by atoms with van der Waals surface area (Å²) in [5.41, 5.74) is 3.68. The van der Waals surface area contributed by atoms with Gasteiger partial charge in [0.25, 0.3) is 0 Å². The number of rotatable bonds is 6. The minimum absolute atomic E-state index is 0.0135. The Morgan fingerprint density at radius 3 is 2.80 bits per heavy atom. The van der Waals surface area contributed by atoms with Gasteiger partial charge in [-0.1, -0.05) is 37.3 Å². The molecule has 0 saturated carbocycles. The van der Waals surface area contributed by atoms with Crippen molar-refractivity contribution >= 4 is 5.91 Å². The van der Waals surface area contributed by atoms with E-state index in [2.05, 4.69) is 30.4 Å². The first-order valence-electron chi connectivity index (χ1n) is 8.73. The molecular formula is C21H25NO3. The number of carbonyl (C=O) groups excluding carboxylic acids is 1. The maximum absolute atomic E-state index is 12.3. The molecule has 4 nitrogen and oxygen atoms in total. The molecule has 0 aromatic heterocycles. The Morgan fingerprint density at radius 1 is 1.20 bits per heavy atom. The fourth-order valence-corrected chi connectivity index (χ4v) is 3.41. The predicted octanol–water partition coefficient (Wildman–Crippen LogP) is 3.82. The van der Waals surface area contributed by atoms with Crippen LogP contribution in [-0.4, -0.2) is 19.6 Å². The monoisotopic (exact) mass is 339 g/mol. The van der Waals surface area contributed by atoms with E-state index in [1.54, 1.807) is 7.11 Å². The summed E-state index contributed by atoms with van der Waals surface area (Å²) in [5, 5.41) is 3.16. The molecule has 2 aromatic rings. The van der Waals surface area contributed by atoms with Crippen molar-refractivity contribution in [2.24, 2.45) is 5.92 Å². The molecule has 1 N–H and O–H groups in total. The third-order valence-electron chi connectivity index (χ3n) is 4.72. The Hall–Kier alpha value is -2.49. The van der Waals surface area contributed by atoms with Gasteiger partial charge in [-0.25, -0.2) is 0 Å². The molecule has 2 atom stereocenters. The van der Waals surface area contributed by atoms with Gasteiger partial charge in [-0.2, -0.15) is 0 Å². The highest BCUT2D eigenvalue weighted by atomic mass is 16.5. The van der Waals surface area contributed by atoms with Crippen molar-refractivity contribution in [2.75, 3.05) is 13.7 Å². The van der Waals surface area contributed by atoms with Crippen LogP contribution in [0.3, 0.4) is 0 Å². The number of amides is 1. The molecule has 0 saturated heterocycles. The summed E-state index contributed by atoms with van der Waals surface area (Å²) in [4.78, 5) is 12.3. The van der Waals surface area contributed by atoms with E-state index in [1.807, 2.05) is 31.2 Å². The van der Waals surface area contributed by atoms with Crippen LogP contribution in [0.1, 0.15) is 36.1 Å². The van der Waals surface area contributed by atoms with Gasteiger partial charge in [0.2, 0.25) is 5.91 Å². The lowest BCUT2D eigenvalue weighted by atomic mass is 10.0. The van der Waals surface area contributed by atoms with Crippen LogP contribution in [0, 0.1) is 12.8 Å². The maximum atomic E-state index is 12.3. The van der Waals surface area contributed by atoms with E-state index >= 15 is 0 Å². The Bertz CT molecular complexity index is 757. The molecule has 0 aliphatic heterocycles. The van der Waals surface area contributed by atoms with E-state index in [9.17, 15) is 4.79 Å². The van der Waals surface area contributed by atoms with E-state index in [-0.39, 0.29) is 11.9 Å². The van der Waals surface area contributed by atoms with E-state index in [0.29, 0.717) is 30.4 Å². The number of carbonyl (C=O) groups is 1. The predicted molar refractivity (Wildman–Crippen MR) is 98.0 cm³/mol. The minimum atomic E-state index is 0.0135. The van der Waals surface area contributed by atoms with Crippen molar-refractivity contribution in [1.82, 2.24) is 5.32 Å². The van der Waals surface area contributed by atoms with Crippen LogP contribution in [0.15, 0.2) is 42.5 Å². The van der Waals surface area contributed by atoms with Gasteiger partial charge in [-0.15, -0.1) is 0 Å². The summed E-state index contributed by atoms with van der Waals surface area (Å²) >= 11 is 0. The summed E-state index contributed by atoms with van der Waals surface area (Å²) < 4.78 is 11.0. The van der Waals surface area contributed by atoms with Crippen LogP contribution in [0.4, 0.5) is 0 Å². The number of aryl methyl sites for hydroxylation is 1. The summed E-state index contributed by atoms with van der Waals surface area (Å²) in [6.45, 7) is 4.51. The highest BCUT2D eigenvalue weighted by Crippen LogP contribution is 2.35. The first-order valence-corrected chi connectivity index (χ1v) is 8.73. The first-order chi connectivity index (χ1) is 12.1. The van der Waals surface area contributed by atoms with Crippen molar-refractivity contribution in [3.05, 3.63) is 59.2 Å². The van der Waals surface area contributed by atoms with Gasteiger partial charge in [0.05, 0.1) is 26.2 Å². The van der Waals surface area contributed by atoms with E-state index in [0.717, 1.165) is 12.0 Å². The summed E-state index contributed by atoms with van der Waals surface area (Å²) in [5.74, 6) is 1.79. The normalized spacial score (nSPS) is 18.5. The van der Waals surface area contributed by atoms with Crippen molar-refractivity contribution in [3.8, 4) is 11.5 Å². The average Bonchev–Trinajstić information content (AvgIpc) is 2.92. The Morgan fingerprint density at radius 2 is 2.00 bits per heavy atom. The lowest BCUT2D eigenvalue weighted by molar-refractivity contribution is -0.122. The molecule has 132 valence electrons. The number of ether oxygens (including phenoxy) is 2. The van der Waals surface area contributed by atoms with Gasteiger partial charge in [0.15, 0.2) is 11.5 Å². The lowest BCUT2D eigenvalue weighted by Crippen LogP contribution is -2.31. The molecule has 0 heterocycles. The average molecular weight is 339 g/mol. The van der Waals surface area contributed by atoms with E-state index in [1.165, 1.54) is 11.1 Å². The summed E-state index contributed by atoms with van der Waals surface area (Å²) in [7, 11) is 1.62. The van der Waals surface area contributed by atoms with Crippen LogP contribution in [0.25, 0.3) is 0 Å². The Balaban J connectivity index is 1.54.